The number of aryl methyl sites for hydroxylation is 3. The number of hydrogen-bond acceptors (Lipinski definition) is 31. The number of carbonyl (C=O) groups is 3. The number of hydrogen-bond donors (Lipinski definition) is 4. The lowest BCUT2D eigenvalue weighted by Crippen LogP contribution is -2.50. The number of nitrogens with one attached hydrogen (secondary N) is 4. The Bertz CT molecular complexity index is 5840. The van der Waals surface area contributed by atoms with Crippen LogP contribution in [0.1, 0.15) is 57.5 Å². The first-order valence-corrected chi connectivity index (χ1v) is 43.1. The second-order valence-electron chi connectivity index (χ2n) is 30.5. The van der Waals surface area contributed by atoms with Crippen molar-refractivity contribution >= 4 is 144 Å². The first-order chi connectivity index (χ1) is 61.4. The Morgan fingerprint density at radius 2 is 0.766 bits per heavy atom. The van der Waals surface area contributed by atoms with E-state index in [9.17, 15) is 14.4 Å². The molecular weight excluding hydrogens is 1750 g/mol. The molecule has 0 unspecified atom stereocenters. The fourth-order valence-electron chi connectivity index (χ4n) is 14.6. The molecule has 3 aromatic carbocycles. The molecule has 36 nitrogen and oxygen atoms in total. The summed E-state index contributed by atoms with van der Waals surface area (Å²) >= 11 is 25.0. The molecule has 128 heavy (non-hydrogen) atoms. The molecular formula is C87H109Cl5N24O12. The van der Waals surface area contributed by atoms with Gasteiger partial charge in [0.2, 0.25) is 29.0 Å². The maximum Gasteiger partial charge on any atom is 0.410 e. The maximum absolute atomic E-state index is 12.4. The van der Waals surface area contributed by atoms with Gasteiger partial charge in [-0.2, -0.15) is 28.5 Å². The van der Waals surface area contributed by atoms with Crippen LogP contribution >= 0.6 is 58.8 Å². The van der Waals surface area contributed by atoms with Crippen LogP contribution < -0.4 is 49.7 Å². The van der Waals surface area contributed by atoms with Gasteiger partial charge in [-0.05, 0) is 120 Å². The number of ether oxygens (including phenoxy) is 9. The molecule has 4 N–H and O–H groups in total. The molecule has 0 radical (unpaired) electrons. The quantitative estimate of drug-likeness (QED) is 0.0289. The Morgan fingerprint density at radius 3 is 1.05 bits per heavy atom. The molecule has 16 rings (SSSR count). The maximum atomic E-state index is 12.4. The van der Waals surface area contributed by atoms with Gasteiger partial charge in [-0.1, -0.05) is 48.0 Å². The van der Waals surface area contributed by atoms with E-state index in [2.05, 4.69) is 79.0 Å². The lowest BCUT2D eigenvalue weighted by atomic mass is 10.0. The molecule has 4 fully saturated rings. The summed E-state index contributed by atoms with van der Waals surface area (Å²) in [6, 6.07) is 16.8. The van der Waals surface area contributed by atoms with Crippen molar-refractivity contribution in [1.29, 1.82) is 0 Å². The Morgan fingerprint density at radius 1 is 0.445 bits per heavy atom. The molecule has 4 aliphatic heterocycles. The molecule has 2 amide bonds. The number of fused-ring (bicyclic) bond motifs is 9. The Hall–Kier alpha value is -11.2. The molecule has 12 aromatic rings. The van der Waals surface area contributed by atoms with Crippen molar-refractivity contribution in [3.05, 3.63) is 131 Å². The van der Waals surface area contributed by atoms with Crippen LogP contribution in [0.3, 0.4) is 0 Å². The van der Waals surface area contributed by atoms with Gasteiger partial charge in [0.15, 0.2) is 51.4 Å². The van der Waals surface area contributed by atoms with E-state index in [1.54, 1.807) is 119 Å². The summed E-state index contributed by atoms with van der Waals surface area (Å²) in [5.41, 5.74) is 7.89. The minimum absolute atomic E-state index is 0. The highest BCUT2D eigenvalue weighted by Gasteiger charge is 2.29. The number of methoxy groups -OCH3 is 6. The van der Waals surface area contributed by atoms with Crippen molar-refractivity contribution in [3.63, 3.8) is 0 Å². The summed E-state index contributed by atoms with van der Waals surface area (Å²) in [6.07, 6.45) is 12.3. The monoisotopic (exact) mass is 1860 g/mol. The van der Waals surface area contributed by atoms with Gasteiger partial charge in [0.1, 0.15) is 40.1 Å². The van der Waals surface area contributed by atoms with Crippen molar-refractivity contribution in [2.75, 3.05) is 204 Å². The molecule has 0 atom stereocenters. The Labute approximate surface area is 768 Å². The van der Waals surface area contributed by atoms with Crippen LogP contribution in [0, 0.1) is 0 Å². The van der Waals surface area contributed by atoms with Crippen molar-refractivity contribution in [2.24, 2.45) is 0 Å². The molecule has 0 saturated carbocycles. The summed E-state index contributed by atoms with van der Waals surface area (Å²) < 4.78 is 53.7. The largest absolute Gasteiger partial charge is 0.497 e. The fourth-order valence-corrected chi connectivity index (χ4v) is 15.5. The van der Waals surface area contributed by atoms with Crippen molar-refractivity contribution in [3.8, 4) is 67.9 Å². The first kappa shape index (κ1) is 97.5. The zero-order valence-corrected chi connectivity index (χ0v) is 77.8. The van der Waals surface area contributed by atoms with Crippen LogP contribution in [0.5, 0.6) is 34.5 Å². The molecule has 684 valence electrons. The number of nitrogens with zero attached hydrogens (tertiary/aromatic N) is 20. The van der Waals surface area contributed by atoms with Crippen LogP contribution in [-0.4, -0.2) is 309 Å². The Kier molecular flexibility index (Phi) is 35.2. The fraction of sp³-hybridized carbons (Fsp3) is 0.437. The highest BCUT2D eigenvalue weighted by Crippen LogP contribution is 2.45. The van der Waals surface area contributed by atoms with Crippen molar-refractivity contribution in [1.82, 2.24) is 104 Å². The molecule has 13 heterocycles. The SMILES string of the molecule is C1COCCO1.C=CC(=O)Cl.C=CC(=O)N1CCN(CCCc2nc3c(-c4cc(OC)cc(OC)c4Cl)cc4cnc(NC)nc4n3n2)CC1.CNc1ncc2cc(-c3cc(OC)cc(OC)c3Cl)c3nc(CCCN4CCN(C(=O)OC(C)(C)C)CC4)nn3c2n1.CNc1ncc2cc(-c3cc(OC)cc(OC)c3Cl)c3nc(CCCN4CCNCC4)nn3c2n1.Cl. The highest BCUT2D eigenvalue weighted by atomic mass is 35.5. The smallest absolute Gasteiger partial charge is 0.410 e. The third kappa shape index (κ3) is 24.4. The standard InChI is InChI=1S/C29H37ClN8O4.C27H31ClN8O3.C24H29ClN8O2.C4H8O2.C3H3ClO.ClH/c1-29(2,3)42-28(39)37-12-10-36(11-13-37)9-7-8-23-33-26-21(20-15-19(40-5)16-22(41-6)24(20)30)14-18-17-32-27(31-4)34-25(18)38(26)35-23;1-5-23(37)35-11-9-34(10-12-35)8-6-7-22-31-26-20(19-14-18(38-3)15-21(39-4)24(19)28)13-17-16-30-27(29-2)32-25(17)36(26)33-22;1-26-24-28-14-15-11-18(17-12-16(34-2)13-19(35-3)21(17)25)23-29-20(31-33(23)22(15)30-24)5-4-8-32-9-6-27-7-10-32;1-2-6-4-3-5-1;1-2-3(4)5;/h14-17H,7-13H2,1-6H3,(H,31,32,34);5,13-16H,1,6-12H2,2-4H3,(H,29,30,32);11-14,27H,4-10H2,1-3H3,(H,26,28,30);1-4H2;2H,1H2;1H. The number of halogens is 5. The van der Waals surface area contributed by atoms with E-state index in [1.807, 2.05) is 62.1 Å². The van der Waals surface area contributed by atoms with Gasteiger partial charge in [-0.15, -0.1) is 27.7 Å². The summed E-state index contributed by atoms with van der Waals surface area (Å²) in [7, 11) is 14.9. The minimum atomic E-state index is -0.509. The molecule has 0 aliphatic carbocycles. The summed E-state index contributed by atoms with van der Waals surface area (Å²) in [5.74, 6) is 7.04. The third-order valence-corrected chi connectivity index (χ3v) is 22.5. The zero-order valence-electron chi connectivity index (χ0n) is 73.9. The number of benzene rings is 3. The molecule has 9 aromatic heterocycles. The van der Waals surface area contributed by atoms with E-state index < -0.39 is 10.8 Å². The van der Waals surface area contributed by atoms with Gasteiger partial charge in [0.05, 0.1) is 84.2 Å². The van der Waals surface area contributed by atoms with E-state index >= 15 is 0 Å². The summed E-state index contributed by atoms with van der Waals surface area (Å²) in [5, 5.41) is 30.2. The van der Waals surface area contributed by atoms with Crippen LogP contribution in [0.4, 0.5) is 22.6 Å². The predicted molar refractivity (Wildman–Crippen MR) is 499 cm³/mol. The molecule has 4 aliphatic rings. The van der Waals surface area contributed by atoms with E-state index in [0.29, 0.717) is 163 Å². The summed E-state index contributed by atoms with van der Waals surface area (Å²) in [4.78, 5) is 86.4. The predicted octanol–water partition coefficient (Wildman–Crippen LogP) is 12.1. The molecule has 41 heteroatoms. The molecule has 0 spiro atoms. The number of anilines is 3. The topological polar surface area (TPSA) is 367 Å². The van der Waals surface area contributed by atoms with Gasteiger partial charge in [0, 0.05) is 205 Å². The Balaban J connectivity index is 0.000000175. The van der Waals surface area contributed by atoms with Crippen LogP contribution in [0.2, 0.25) is 15.1 Å². The molecule has 0 bridgehead atoms. The minimum Gasteiger partial charge on any atom is -0.497 e. The van der Waals surface area contributed by atoms with E-state index in [1.165, 1.54) is 6.08 Å². The first-order valence-electron chi connectivity index (χ1n) is 41.6. The summed E-state index contributed by atoms with van der Waals surface area (Å²) in [6.45, 7) is 28.4. The van der Waals surface area contributed by atoms with Gasteiger partial charge in [-0.25, -0.2) is 34.7 Å². The average Bonchev–Trinajstić information content (AvgIpc) is 1.65. The number of rotatable bonds is 26. The van der Waals surface area contributed by atoms with Gasteiger partial charge >= 0.3 is 6.09 Å². The number of amides is 2. The van der Waals surface area contributed by atoms with E-state index in [0.717, 1.165) is 174 Å². The zero-order chi connectivity index (χ0) is 90.4. The van der Waals surface area contributed by atoms with Crippen molar-refractivity contribution < 1.29 is 57.0 Å². The normalized spacial score (nSPS) is 14.4. The van der Waals surface area contributed by atoms with E-state index in [-0.39, 0.29) is 24.4 Å². The number of piperazine rings is 3. The second kappa shape index (κ2) is 46.2. The van der Waals surface area contributed by atoms with Crippen LogP contribution in [0.15, 0.2) is 98.5 Å². The van der Waals surface area contributed by atoms with Crippen LogP contribution in [-0.2, 0) is 43.1 Å². The number of pyridine rings is 3. The third-order valence-electron chi connectivity index (χ3n) is 21.1. The molecule has 4 saturated heterocycles. The van der Waals surface area contributed by atoms with Gasteiger partial charge in [0.25, 0.3) is 0 Å². The lowest BCUT2D eigenvalue weighted by Gasteiger charge is -2.35. The lowest BCUT2D eigenvalue weighted by molar-refractivity contribution is -0.127. The number of carbonyl (C=O) groups excluding carboxylic acids is 3. The second-order valence-corrected chi connectivity index (χ2v) is 32.0. The number of aromatic nitrogens is 15. The van der Waals surface area contributed by atoms with Gasteiger partial charge < -0.3 is 78.6 Å². The van der Waals surface area contributed by atoms with E-state index in [4.69, 9.17) is 119 Å². The van der Waals surface area contributed by atoms with Crippen molar-refractivity contribution in [2.45, 2.75) is 64.9 Å². The van der Waals surface area contributed by atoms with Gasteiger partial charge in [-0.3, -0.25) is 19.4 Å². The average molecular weight is 1860 g/mol. The number of allylic oxidation sites excluding steroid dienone is 1. The van der Waals surface area contributed by atoms with Crippen LogP contribution in [0.25, 0.3) is 83.4 Å². The highest BCUT2D eigenvalue weighted by molar-refractivity contribution is 6.66.